The summed E-state index contributed by atoms with van der Waals surface area (Å²) >= 11 is 11.8. The van der Waals surface area contributed by atoms with Crippen LogP contribution in [-0.2, 0) is 11.2 Å². The second kappa shape index (κ2) is 9.22. The van der Waals surface area contributed by atoms with E-state index in [0.717, 1.165) is 24.8 Å². The van der Waals surface area contributed by atoms with Gasteiger partial charge in [0, 0.05) is 13.0 Å². The lowest BCUT2D eigenvalue weighted by molar-refractivity contribution is -0.121. The zero-order valence-electron chi connectivity index (χ0n) is 11.7. The zero-order valence-corrected chi connectivity index (χ0v) is 13.2. The summed E-state index contributed by atoms with van der Waals surface area (Å²) in [6.07, 6.45) is 3.39. The van der Waals surface area contributed by atoms with Gasteiger partial charge in [-0.3, -0.25) is 4.79 Å². The molecule has 2 N–H and O–H groups in total. The van der Waals surface area contributed by atoms with E-state index in [-0.39, 0.29) is 12.0 Å². The molecule has 0 spiro atoms. The number of unbranched alkanes of at least 4 members (excludes halogenated alkanes) is 1. The van der Waals surface area contributed by atoms with Crippen LogP contribution in [0, 0.1) is 0 Å². The van der Waals surface area contributed by atoms with Crippen LogP contribution < -0.4 is 5.32 Å². The average molecular weight is 318 g/mol. The zero-order chi connectivity index (χ0) is 15.0. The molecule has 0 aliphatic carbocycles. The molecular formula is C15H21Cl2NO2. The van der Waals surface area contributed by atoms with E-state index in [0.29, 0.717) is 29.4 Å². The minimum Gasteiger partial charge on any atom is -0.393 e. The predicted octanol–water partition coefficient (Wildman–Crippen LogP) is 3.59. The number of rotatable bonds is 8. The number of aryl methyl sites for hydroxylation is 1. The molecule has 1 aromatic carbocycles. The highest BCUT2D eigenvalue weighted by Gasteiger charge is 2.03. The van der Waals surface area contributed by atoms with Crippen LogP contribution in [0.3, 0.4) is 0 Å². The molecule has 0 bridgehead atoms. The van der Waals surface area contributed by atoms with Gasteiger partial charge in [-0.25, -0.2) is 0 Å². The van der Waals surface area contributed by atoms with E-state index in [4.69, 9.17) is 28.3 Å². The van der Waals surface area contributed by atoms with Gasteiger partial charge >= 0.3 is 0 Å². The molecule has 1 unspecified atom stereocenters. The first-order valence-corrected chi connectivity index (χ1v) is 7.63. The number of benzene rings is 1. The Kier molecular flexibility index (Phi) is 7.97. The average Bonchev–Trinajstić information content (AvgIpc) is 2.38. The van der Waals surface area contributed by atoms with Gasteiger partial charge in [-0.1, -0.05) is 29.3 Å². The molecule has 0 saturated heterocycles. The van der Waals surface area contributed by atoms with Gasteiger partial charge in [0.05, 0.1) is 16.1 Å². The van der Waals surface area contributed by atoms with Gasteiger partial charge in [-0.05, 0) is 50.3 Å². The Balaban J connectivity index is 2.15. The summed E-state index contributed by atoms with van der Waals surface area (Å²) in [5.41, 5.74) is 1.13. The fourth-order valence-corrected chi connectivity index (χ4v) is 2.14. The largest absolute Gasteiger partial charge is 0.393 e. The first-order valence-electron chi connectivity index (χ1n) is 6.87. The number of hydrogen-bond acceptors (Lipinski definition) is 2. The molecular weight excluding hydrogens is 297 g/mol. The number of carbonyl (C=O) groups excluding carboxylic acids is 1. The first-order chi connectivity index (χ1) is 9.49. The number of aliphatic hydroxyl groups is 1. The van der Waals surface area contributed by atoms with Crippen molar-refractivity contribution in [3.8, 4) is 0 Å². The normalized spacial score (nSPS) is 12.2. The molecule has 112 valence electrons. The van der Waals surface area contributed by atoms with E-state index < -0.39 is 0 Å². The van der Waals surface area contributed by atoms with Crippen molar-refractivity contribution in [1.29, 1.82) is 0 Å². The van der Waals surface area contributed by atoms with Crippen molar-refractivity contribution in [2.24, 2.45) is 0 Å². The topological polar surface area (TPSA) is 49.3 Å². The molecule has 0 aliphatic heterocycles. The molecule has 3 nitrogen and oxygen atoms in total. The summed E-state index contributed by atoms with van der Waals surface area (Å²) in [5, 5.41) is 13.0. The third-order valence-corrected chi connectivity index (χ3v) is 3.73. The van der Waals surface area contributed by atoms with Crippen molar-refractivity contribution in [1.82, 2.24) is 5.32 Å². The standard InChI is InChI=1S/C15H21Cl2NO2/c1-11(19)8-9-18-15(20)5-3-2-4-12-6-7-13(16)14(17)10-12/h6-7,10-11,19H,2-5,8-9H2,1H3,(H,18,20). The lowest BCUT2D eigenvalue weighted by atomic mass is 10.1. The maximum absolute atomic E-state index is 11.5. The van der Waals surface area contributed by atoms with Crippen LogP contribution in [0.1, 0.15) is 38.2 Å². The third kappa shape index (κ3) is 7.13. The van der Waals surface area contributed by atoms with Crippen molar-refractivity contribution in [2.45, 2.75) is 45.1 Å². The highest BCUT2D eigenvalue weighted by atomic mass is 35.5. The van der Waals surface area contributed by atoms with E-state index in [1.54, 1.807) is 13.0 Å². The quantitative estimate of drug-likeness (QED) is 0.720. The highest BCUT2D eigenvalue weighted by Crippen LogP contribution is 2.23. The molecule has 0 heterocycles. The van der Waals surface area contributed by atoms with Crippen molar-refractivity contribution in [3.05, 3.63) is 33.8 Å². The van der Waals surface area contributed by atoms with Gasteiger partial charge in [0.25, 0.3) is 0 Å². The van der Waals surface area contributed by atoms with Crippen LogP contribution in [0.15, 0.2) is 18.2 Å². The summed E-state index contributed by atoms with van der Waals surface area (Å²) in [6.45, 7) is 2.24. The Labute approximate surface area is 130 Å². The van der Waals surface area contributed by atoms with Gasteiger partial charge in [-0.15, -0.1) is 0 Å². The van der Waals surface area contributed by atoms with Gasteiger partial charge in [0.2, 0.25) is 5.91 Å². The number of carbonyl (C=O) groups is 1. The third-order valence-electron chi connectivity index (χ3n) is 2.99. The molecule has 5 heteroatoms. The Morgan fingerprint density at radius 3 is 2.70 bits per heavy atom. The fourth-order valence-electron chi connectivity index (χ4n) is 1.82. The van der Waals surface area contributed by atoms with Gasteiger partial charge in [0.15, 0.2) is 0 Å². The summed E-state index contributed by atoms with van der Waals surface area (Å²) in [7, 11) is 0. The van der Waals surface area contributed by atoms with Crippen molar-refractivity contribution in [2.75, 3.05) is 6.54 Å². The van der Waals surface area contributed by atoms with Crippen molar-refractivity contribution >= 4 is 29.1 Å². The van der Waals surface area contributed by atoms with Crippen LogP contribution in [0.4, 0.5) is 0 Å². The lowest BCUT2D eigenvalue weighted by Crippen LogP contribution is -2.26. The summed E-state index contributed by atoms with van der Waals surface area (Å²) < 4.78 is 0. The molecule has 1 aromatic rings. The van der Waals surface area contributed by atoms with Crippen molar-refractivity contribution in [3.63, 3.8) is 0 Å². The minimum atomic E-state index is -0.370. The molecule has 1 amide bonds. The Bertz CT molecular complexity index is 436. The minimum absolute atomic E-state index is 0.0415. The van der Waals surface area contributed by atoms with E-state index in [2.05, 4.69) is 5.32 Å². The number of amides is 1. The SMILES string of the molecule is CC(O)CCNC(=O)CCCCc1ccc(Cl)c(Cl)c1. The summed E-state index contributed by atoms with van der Waals surface area (Å²) in [5.74, 6) is 0.0415. The second-order valence-corrected chi connectivity index (χ2v) is 5.76. The lowest BCUT2D eigenvalue weighted by Gasteiger charge is -2.07. The number of nitrogens with one attached hydrogen (secondary N) is 1. The first kappa shape index (κ1) is 17.3. The molecule has 1 atom stereocenters. The predicted molar refractivity (Wildman–Crippen MR) is 83.3 cm³/mol. The van der Waals surface area contributed by atoms with Crippen LogP contribution in [0.25, 0.3) is 0 Å². The van der Waals surface area contributed by atoms with Gasteiger partial charge < -0.3 is 10.4 Å². The highest BCUT2D eigenvalue weighted by molar-refractivity contribution is 6.42. The van der Waals surface area contributed by atoms with Gasteiger partial charge in [-0.2, -0.15) is 0 Å². The maximum atomic E-state index is 11.5. The fraction of sp³-hybridized carbons (Fsp3) is 0.533. The Hall–Kier alpha value is -0.770. The molecule has 0 aliphatic rings. The van der Waals surface area contributed by atoms with Crippen LogP contribution in [0.2, 0.25) is 10.0 Å². The molecule has 0 radical (unpaired) electrons. The molecule has 20 heavy (non-hydrogen) atoms. The summed E-state index contributed by atoms with van der Waals surface area (Å²) in [4.78, 5) is 11.5. The monoisotopic (exact) mass is 317 g/mol. The molecule has 0 fully saturated rings. The smallest absolute Gasteiger partial charge is 0.219 e. The van der Waals surface area contributed by atoms with E-state index in [1.807, 2.05) is 12.1 Å². The number of aliphatic hydroxyl groups excluding tert-OH is 1. The van der Waals surface area contributed by atoms with Crippen LogP contribution >= 0.6 is 23.2 Å². The molecule has 1 rings (SSSR count). The molecule has 0 aromatic heterocycles. The molecule has 0 saturated carbocycles. The maximum Gasteiger partial charge on any atom is 0.219 e. The Morgan fingerprint density at radius 2 is 2.05 bits per heavy atom. The number of hydrogen-bond donors (Lipinski definition) is 2. The van der Waals surface area contributed by atoms with E-state index in [9.17, 15) is 4.79 Å². The van der Waals surface area contributed by atoms with Crippen LogP contribution in [0.5, 0.6) is 0 Å². The number of halogens is 2. The van der Waals surface area contributed by atoms with E-state index in [1.165, 1.54) is 0 Å². The van der Waals surface area contributed by atoms with E-state index >= 15 is 0 Å². The second-order valence-electron chi connectivity index (χ2n) is 4.94. The van der Waals surface area contributed by atoms with Crippen molar-refractivity contribution < 1.29 is 9.90 Å². The van der Waals surface area contributed by atoms with Crippen LogP contribution in [-0.4, -0.2) is 23.7 Å². The van der Waals surface area contributed by atoms with Gasteiger partial charge in [0.1, 0.15) is 0 Å². The Morgan fingerprint density at radius 1 is 1.30 bits per heavy atom. The summed E-state index contributed by atoms with van der Waals surface area (Å²) in [6, 6.07) is 5.62.